The maximum Gasteiger partial charge on any atom is 0.319 e. The molecule has 0 aliphatic carbocycles. The molecule has 0 saturated carbocycles. The highest BCUT2D eigenvalue weighted by Gasteiger charge is 2.08. The van der Waals surface area contributed by atoms with Gasteiger partial charge in [-0.05, 0) is 18.6 Å². The van der Waals surface area contributed by atoms with Gasteiger partial charge in [0.15, 0.2) is 0 Å². The molecule has 0 bridgehead atoms. The number of nitrogens with one attached hydrogen (secondary N) is 2. The van der Waals surface area contributed by atoms with Gasteiger partial charge in [0, 0.05) is 6.54 Å². The number of para-hydroxylation sites is 1. The van der Waals surface area contributed by atoms with E-state index in [1.54, 1.807) is 18.2 Å². The van der Waals surface area contributed by atoms with Crippen LogP contribution < -0.4 is 10.6 Å². The van der Waals surface area contributed by atoms with Gasteiger partial charge in [-0.2, -0.15) is 0 Å². The summed E-state index contributed by atoms with van der Waals surface area (Å²) in [5, 5.41) is 6.12. The van der Waals surface area contributed by atoms with Gasteiger partial charge in [0.05, 0.1) is 15.7 Å². The molecule has 0 saturated heterocycles. The van der Waals surface area contributed by atoms with Crippen molar-refractivity contribution in [1.82, 2.24) is 5.32 Å². The number of urea groups is 1. The van der Waals surface area contributed by atoms with Crippen LogP contribution in [-0.2, 0) is 0 Å². The number of rotatable bonds is 3. The van der Waals surface area contributed by atoms with E-state index in [1.807, 2.05) is 6.92 Å². The number of carbonyl (C=O) groups is 1. The van der Waals surface area contributed by atoms with Gasteiger partial charge in [0.1, 0.15) is 0 Å². The van der Waals surface area contributed by atoms with Gasteiger partial charge >= 0.3 is 6.03 Å². The molecule has 1 rings (SSSR count). The molecule has 3 nitrogen and oxygen atoms in total. The molecule has 0 heterocycles. The lowest BCUT2D eigenvalue weighted by Gasteiger charge is -2.09. The standard InChI is InChI=1S/C10H12Cl2N2O/c1-2-6-13-10(15)14-9-7(11)4-3-5-8(9)12/h3-5H,2,6H2,1H3,(H2,13,14,15). The zero-order chi connectivity index (χ0) is 11.3. The summed E-state index contributed by atoms with van der Waals surface area (Å²) in [5.74, 6) is 0. The molecule has 0 aromatic heterocycles. The molecular weight excluding hydrogens is 235 g/mol. The van der Waals surface area contributed by atoms with Crippen LogP contribution in [-0.4, -0.2) is 12.6 Å². The Hall–Kier alpha value is -0.930. The van der Waals surface area contributed by atoms with Crippen molar-refractivity contribution in [1.29, 1.82) is 0 Å². The maximum absolute atomic E-state index is 11.3. The number of anilines is 1. The summed E-state index contributed by atoms with van der Waals surface area (Å²) in [6, 6.07) is 4.76. The molecule has 0 fully saturated rings. The fraction of sp³-hybridized carbons (Fsp3) is 0.300. The number of hydrogen-bond acceptors (Lipinski definition) is 1. The molecule has 2 amide bonds. The predicted octanol–water partition coefficient (Wildman–Crippen LogP) is 3.52. The van der Waals surface area contributed by atoms with Crippen LogP contribution in [0.15, 0.2) is 18.2 Å². The van der Waals surface area contributed by atoms with Crippen molar-refractivity contribution in [3.63, 3.8) is 0 Å². The Morgan fingerprint density at radius 2 is 1.93 bits per heavy atom. The van der Waals surface area contributed by atoms with E-state index in [-0.39, 0.29) is 6.03 Å². The molecule has 0 atom stereocenters. The number of benzene rings is 1. The van der Waals surface area contributed by atoms with Crippen molar-refractivity contribution in [3.05, 3.63) is 28.2 Å². The zero-order valence-electron chi connectivity index (χ0n) is 8.31. The van der Waals surface area contributed by atoms with Crippen molar-refractivity contribution in [2.75, 3.05) is 11.9 Å². The topological polar surface area (TPSA) is 41.1 Å². The fourth-order valence-corrected chi connectivity index (χ4v) is 1.51. The third-order valence-corrected chi connectivity index (χ3v) is 2.37. The predicted molar refractivity (Wildman–Crippen MR) is 63.8 cm³/mol. The zero-order valence-corrected chi connectivity index (χ0v) is 9.82. The Balaban J connectivity index is 2.68. The van der Waals surface area contributed by atoms with Crippen LogP contribution in [0, 0.1) is 0 Å². The van der Waals surface area contributed by atoms with E-state index in [4.69, 9.17) is 23.2 Å². The maximum atomic E-state index is 11.3. The van der Waals surface area contributed by atoms with Gasteiger partial charge in [0.25, 0.3) is 0 Å². The summed E-state index contributed by atoms with van der Waals surface area (Å²) in [7, 11) is 0. The van der Waals surface area contributed by atoms with Gasteiger partial charge in [-0.15, -0.1) is 0 Å². The molecule has 0 unspecified atom stereocenters. The van der Waals surface area contributed by atoms with E-state index in [2.05, 4.69) is 10.6 Å². The van der Waals surface area contributed by atoms with Crippen molar-refractivity contribution < 1.29 is 4.79 Å². The third-order valence-electron chi connectivity index (χ3n) is 1.74. The molecule has 5 heteroatoms. The first-order valence-electron chi connectivity index (χ1n) is 4.64. The number of carbonyl (C=O) groups excluding carboxylic acids is 1. The Labute approximate surface area is 98.8 Å². The van der Waals surface area contributed by atoms with Crippen LogP contribution in [0.2, 0.25) is 10.0 Å². The number of hydrogen-bond donors (Lipinski definition) is 2. The van der Waals surface area contributed by atoms with Crippen LogP contribution in [0.25, 0.3) is 0 Å². The Morgan fingerprint density at radius 1 is 1.33 bits per heavy atom. The Kier molecular flexibility index (Phi) is 4.72. The molecule has 0 aliphatic rings. The first kappa shape index (κ1) is 12.1. The highest BCUT2D eigenvalue weighted by Crippen LogP contribution is 2.29. The highest BCUT2D eigenvalue weighted by molar-refractivity contribution is 6.39. The minimum absolute atomic E-state index is 0.299. The highest BCUT2D eigenvalue weighted by atomic mass is 35.5. The molecule has 2 N–H and O–H groups in total. The number of halogens is 2. The van der Waals surface area contributed by atoms with Gasteiger partial charge < -0.3 is 10.6 Å². The van der Waals surface area contributed by atoms with E-state index in [1.165, 1.54) is 0 Å². The van der Waals surface area contributed by atoms with Crippen molar-refractivity contribution in [2.45, 2.75) is 13.3 Å². The third kappa shape index (κ3) is 3.61. The average Bonchev–Trinajstić information content (AvgIpc) is 2.21. The molecular formula is C10H12Cl2N2O. The lowest BCUT2D eigenvalue weighted by atomic mass is 10.3. The smallest absolute Gasteiger partial charge is 0.319 e. The average molecular weight is 247 g/mol. The first-order chi connectivity index (χ1) is 7.15. The lowest BCUT2D eigenvalue weighted by Crippen LogP contribution is -2.29. The Morgan fingerprint density at radius 3 is 2.47 bits per heavy atom. The molecule has 1 aromatic rings. The molecule has 0 aliphatic heterocycles. The number of amides is 2. The van der Waals surface area contributed by atoms with Gasteiger partial charge in [-0.3, -0.25) is 0 Å². The van der Waals surface area contributed by atoms with Crippen molar-refractivity contribution in [2.24, 2.45) is 0 Å². The van der Waals surface area contributed by atoms with E-state index < -0.39 is 0 Å². The van der Waals surface area contributed by atoms with Gasteiger partial charge in [0.2, 0.25) is 0 Å². The summed E-state index contributed by atoms with van der Waals surface area (Å²) in [4.78, 5) is 11.3. The van der Waals surface area contributed by atoms with E-state index >= 15 is 0 Å². The fourth-order valence-electron chi connectivity index (χ4n) is 1.01. The second-order valence-corrected chi connectivity index (χ2v) is 3.79. The molecule has 1 aromatic carbocycles. The largest absolute Gasteiger partial charge is 0.338 e. The monoisotopic (exact) mass is 246 g/mol. The molecule has 15 heavy (non-hydrogen) atoms. The van der Waals surface area contributed by atoms with Crippen molar-refractivity contribution in [3.8, 4) is 0 Å². The molecule has 0 radical (unpaired) electrons. The normalized spacial score (nSPS) is 9.80. The van der Waals surface area contributed by atoms with Crippen LogP contribution in [0.5, 0.6) is 0 Å². The quantitative estimate of drug-likeness (QED) is 0.842. The van der Waals surface area contributed by atoms with E-state index in [0.717, 1.165) is 6.42 Å². The van der Waals surface area contributed by atoms with Gasteiger partial charge in [-0.25, -0.2) is 4.79 Å². The van der Waals surface area contributed by atoms with Crippen LogP contribution in [0.4, 0.5) is 10.5 Å². The van der Waals surface area contributed by atoms with Crippen LogP contribution in [0.1, 0.15) is 13.3 Å². The molecule has 82 valence electrons. The second kappa shape index (κ2) is 5.83. The summed E-state index contributed by atoms with van der Waals surface area (Å²) < 4.78 is 0. The second-order valence-electron chi connectivity index (χ2n) is 2.98. The van der Waals surface area contributed by atoms with Crippen molar-refractivity contribution >= 4 is 34.9 Å². The van der Waals surface area contributed by atoms with E-state index in [0.29, 0.717) is 22.3 Å². The summed E-state index contributed by atoms with van der Waals surface area (Å²) in [5.41, 5.74) is 0.439. The SMILES string of the molecule is CCCNC(=O)Nc1c(Cl)cccc1Cl. The minimum atomic E-state index is -0.299. The summed E-state index contributed by atoms with van der Waals surface area (Å²) in [6.45, 7) is 2.59. The minimum Gasteiger partial charge on any atom is -0.338 e. The first-order valence-corrected chi connectivity index (χ1v) is 5.39. The van der Waals surface area contributed by atoms with Crippen LogP contribution in [0.3, 0.4) is 0 Å². The van der Waals surface area contributed by atoms with E-state index in [9.17, 15) is 4.79 Å². The van der Waals surface area contributed by atoms with Gasteiger partial charge in [-0.1, -0.05) is 36.2 Å². The lowest BCUT2D eigenvalue weighted by molar-refractivity contribution is 0.252. The Bertz CT molecular complexity index is 335. The molecule has 0 spiro atoms. The van der Waals surface area contributed by atoms with Crippen LogP contribution >= 0.6 is 23.2 Å². The summed E-state index contributed by atoms with van der Waals surface area (Å²) >= 11 is 11.8. The summed E-state index contributed by atoms with van der Waals surface area (Å²) in [6.07, 6.45) is 0.879.